The number of fused-ring (bicyclic) bond motifs is 1. The quantitative estimate of drug-likeness (QED) is 0.745. The molecule has 1 atom stereocenters. The summed E-state index contributed by atoms with van der Waals surface area (Å²) in [7, 11) is 0. The summed E-state index contributed by atoms with van der Waals surface area (Å²) in [5, 5.41) is 6.12. The van der Waals surface area contributed by atoms with Crippen LogP contribution in [0, 0.1) is 5.82 Å². The first kappa shape index (κ1) is 23.6. The van der Waals surface area contributed by atoms with E-state index in [2.05, 4.69) is 27.7 Å². The van der Waals surface area contributed by atoms with Crippen molar-refractivity contribution in [3.05, 3.63) is 65.0 Å². The first-order chi connectivity index (χ1) is 13.2. The molecular formula is C22H28Cl2FN3O. The second-order valence-electron chi connectivity index (χ2n) is 7.45. The molecule has 2 aliphatic heterocycles. The van der Waals surface area contributed by atoms with E-state index in [-0.39, 0.29) is 42.6 Å². The number of hydrogen-bond acceptors (Lipinski definition) is 3. The Morgan fingerprint density at radius 2 is 1.93 bits per heavy atom. The molecule has 0 saturated carbocycles. The number of anilines is 1. The van der Waals surface area contributed by atoms with E-state index in [9.17, 15) is 9.18 Å². The summed E-state index contributed by atoms with van der Waals surface area (Å²) in [6.07, 6.45) is 3.60. The summed E-state index contributed by atoms with van der Waals surface area (Å²) in [5.74, 6) is -0.369. The third-order valence-electron chi connectivity index (χ3n) is 5.61. The van der Waals surface area contributed by atoms with Crippen LogP contribution in [0.3, 0.4) is 0 Å². The van der Waals surface area contributed by atoms with Crippen LogP contribution >= 0.6 is 24.8 Å². The van der Waals surface area contributed by atoms with Gasteiger partial charge < -0.3 is 10.6 Å². The highest BCUT2D eigenvalue weighted by Crippen LogP contribution is 2.26. The maximum atomic E-state index is 14.9. The predicted molar refractivity (Wildman–Crippen MR) is 119 cm³/mol. The molecule has 0 aromatic heterocycles. The lowest BCUT2D eigenvalue weighted by molar-refractivity contribution is -0.122. The monoisotopic (exact) mass is 439 g/mol. The highest BCUT2D eigenvalue weighted by Gasteiger charge is 2.29. The summed E-state index contributed by atoms with van der Waals surface area (Å²) >= 11 is 0. The molecule has 2 aliphatic rings. The topological polar surface area (TPSA) is 44.4 Å². The zero-order valence-corrected chi connectivity index (χ0v) is 18.0. The molecule has 7 heteroatoms. The van der Waals surface area contributed by atoms with E-state index < -0.39 is 0 Å². The van der Waals surface area contributed by atoms with Crippen molar-refractivity contribution in [1.82, 2.24) is 10.2 Å². The van der Waals surface area contributed by atoms with Crippen LogP contribution in [-0.2, 0) is 24.3 Å². The van der Waals surface area contributed by atoms with Crippen LogP contribution in [0.15, 0.2) is 42.5 Å². The Labute approximate surface area is 184 Å². The fourth-order valence-corrected chi connectivity index (χ4v) is 4.14. The standard InChI is InChI=1S/C22H26FN3O.2ClH/c23-21-18-11-12-24-14-17(18)9-10-19(21)25-22(27)20-8-4-5-13-26(20)15-16-6-2-1-3-7-16;;/h1-3,6-7,9-10,20,24H,4-5,8,11-15H2,(H,25,27);2*1H. The highest BCUT2D eigenvalue weighted by atomic mass is 35.5. The molecule has 29 heavy (non-hydrogen) atoms. The number of carbonyl (C=O) groups excluding carboxylic acids is 1. The molecule has 0 spiro atoms. The van der Waals surface area contributed by atoms with Crippen molar-refractivity contribution in [1.29, 1.82) is 0 Å². The Hall–Kier alpha value is -1.66. The maximum absolute atomic E-state index is 14.9. The van der Waals surface area contributed by atoms with Gasteiger partial charge in [-0.3, -0.25) is 9.69 Å². The number of likely N-dealkylation sites (tertiary alicyclic amines) is 1. The summed E-state index contributed by atoms with van der Waals surface area (Å²) in [5.41, 5.74) is 3.23. The van der Waals surface area contributed by atoms with Gasteiger partial charge in [0.05, 0.1) is 11.7 Å². The van der Waals surface area contributed by atoms with Gasteiger partial charge in [-0.05, 0) is 55.1 Å². The van der Waals surface area contributed by atoms with Gasteiger partial charge in [-0.2, -0.15) is 0 Å². The number of benzene rings is 2. The number of amides is 1. The van der Waals surface area contributed by atoms with Crippen molar-refractivity contribution in [2.24, 2.45) is 0 Å². The average molecular weight is 440 g/mol. The Morgan fingerprint density at radius 3 is 2.72 bits per heavy atom. The summed E-state index contributed by atoms with van der Waals surface area (Å²) in [6, 6.07) is 13.6. The van der Waals surface area contributed by atoms with E-state index in [1.54, 1.807) is 6.07 Å². The average Bonchev–Trinajstić information content (AvgIpc) is 2.71. The SMILES string of the molecule is Cl.Cl.O=C(Nc1ccc2c(c1F)CCNC2)C1CCCCN1Cc1ccccc1. The van der Waals surface area contributed by atoms with Gasteiger partial charge in [0.2, 0.25) is 5.91 Å². The summed E-state index contributed by atoms with van der Waals surface area (Å²) < 4.78 is 14.9. The van der Waals surface area contributed by atoms with Crippen LogP contribution < -0.4 is 10.6 Å². The van der Waals surface area contributed by atoms with Gasteiger partial charge in [0, 0.05) is 13.1 Å². The number of nitrogens with one attached hydrogen (secondary N) is 2. The number of carbonyl (C=O) groups is 1. The van der Waals surface area contributed by atoms with Gasteiger partial charge in [-0.25, -0.2) is 4.39 Å². The number of halogens is 3. The van der Waals surface area contributed by atoms with Crippen molar-refractivity contribution >= 4 is 36.4 Å². The molecule has 158 valence electrons. The smallest absolute Gasteiger partial charge is 0.241 e. The minimum atomic E-state index is -0.271. The Morgan fingerprint density at radius 1 is 1.14 bits per heavy atom. The van der Waals surface area contributed by atoms with E-state index in [4.69, 9.17) is 0 Å². The maximum Gasteiger partial charge on any atom is 0.241 e. The van der Waals surface area contributed by atoms with Gasteiger partial charge in [0.15, 0.2) is 0 Å². The van der Waals surface area contributed by atoms with E-state index in [1.807, 2.05) is 24.3 Å². The van der Waals surface area contributed by atoms with Crippen molar-refractivity contribution in [3.63, 3.8) is 0 Å². The van der Waals surface area contributed by atoms with E-state index in [1.165, 1.54) is 5.56 Å². The van der Waals surface area contributed by atoms with E-state index >= 15 is 0 Å². The molecule has 2 N–H and O–H groups in total. The second kappa shape index (κ2) is 10.9. The van der Waals surface area contributed by atoms with E-state index in [0.717, 1.165) is 50.0 Å². The van der Waals surface area contributed by atoms with Crippen molar-refractivity contribution in [3.8, 4) is 0 Å². The van der Waals surface area contributed by atoms with Crippen molar-refractivity contribution in [2.75, 3.05) is 18.4 Å². The molecule has 2 aromatic rings. The molecule has 1 fully saturated rings. The Bertz CT molecular complexity index is 819. The van der Waals surface area contributed by atoms with Crippen molar-refractivity contribution in [2.45, 2.75) is 44.8 Å². The van der Waals surface area contributed by atoms with E-state index in [0.29, 0.717) is 18.7 Å². The number of nitrogens with zero attached hydrogens (tertiary/aromatic N) is 1. The largest absolute Gasteiger partial charge is 0.322 e. The second-order valence-corrected chi connectivity index (χ2v) is 7.45. The normalized spacial score (nSPS) is 18.7. The lowest BCUT2D eigenvalue weighted by Crippen LogP contribution is -2.46. The van der Waals surface area contributed by atoms with Crippen LogP contribution in [0.5, 0.6) is 0 Å². The van der Waals surface area contributed by atoms with Gasteiger partial charge in [0.25, 0.3) is 0 Å². The number of rotatable bonds is 4. The lowest BCUT2D eigenvalue weighted by Gasteiger charge is -2.34. The molecule has 1 amide bonds. The Balaban J connectivity index is 0.00000150. The van der Waals surface area contributed by atoms with Crippen LogP contribution in [0.2, 0.25) is 0 Å². The van der Waals surface area contributed by atoms with Gasteiger partial charge in [-0.1, -0.05) is 42.8 Å². The molecule has 4 nitrogen and oxygen atoms in total. The molecular weight excluding hydrogens is 412 g/mol. The molecule has 2 aromatic carbocycles. The van der Waals surface area contributed by atoms with Crippen LogP contribution in [0.4, 0.5) is 10.1 Å². The highest BCUT2D eigenvalue weighted by molar-refractivity contribution is 5.95. The molecule has 1 saturated heterocycles. The summed E-state index contributed by atoms with van der Waals surface area (Å²) in [6.45, 7) is 3.10. The fraction of sp³-hybridized carbons (Fsp3) is 0.409. The third-order valence-corrected chi connectivity index (χ3v) is 5.61. The van der Waals surface area contributed by atoms with Gasteiger partial charge in [0.1, 0.15) is 5.82 Å². The number of piperidine rings is 1. The lowest BCUT2D eigenvalue weighted by atomic mass is 9.98. The molecule has 0 radical (unpaired) electrons. The minimum Gasteiger partial charge on any atom is -0.322 e. The third kappa shape index (κ3) is 5.48. The van der Waals surface area contributed by atoms with Crippen molar-refractivity contribution < 1.29 is 9.18 Å². The zero-order valence-electron chi connectivity index (χ0n) is 16.3. The van der Waals surface area contributed by atoms with Gasteiger partial charge >= 0.3 is 0 Å². The minimum absolute atomic E-state index is 0. The van der Waals surface area contributed by atoms with Crippen LogP contribution in [0.25, 0.3) is 0 Å². The molecule has 0 bridgehead atoms. The molecule has 1 unspecified atom stereocenters. The van der Waals surface area contributed by atoms with Gasteiger partial charge in [-0.15, -0.1) is 24.8 Å². The summed E-state index contributed by atoms with van der Waals surface area (Å²) in [4.78, 5) is 15.2. The molecule has 2 heterocycles. The fourth-order valence-electron chi connectivity index (χ4n) is 4.14. The zero-order chi connectivity index (χ0) is 18.6. The number of hydrogen-bond donors (Lipinski definition) is 2. The van der Waals surface area contributed by atoms with Crippen LogP contribution in [-0.4, -0.2) is 29.9 Å². The Kier molecular flexibility index (Phi) is 8.90. The first-order valence-corrected chi connectivity index (χ1v) is 9.82. The molecule has 4 rings (SSSR count). The molecule has 0 aliphatic carbocycles. The van der Waals surface area contributed by atoms with Crippen LogP contribution in [0.1, 0.15) is 36.0 Å². The predicted octanol–water partition coefficient (Wildman–Crippen LogP) is 4.31. The first-order valence-electron chi connectivity index (χ1n) is 9.82.